The van der Waals surface area contributed by atoms with E-state index in [-0.39, 0.29) is 88.3 Å². The van der Waals surface area contributed by atoms with Gasteiger partial charge >= 0.3 is 12.0 Å². The van der Waals surface area contributed by atoms with Crippen molar-refractivity contribution >= 4 is 96.3 Å². The van der Waals surface area contributed by atoms with Gasteiger partial charge in [-0.05, 0) is 67.7 Å². The third-order valence-corrected chi connectivity index (χ3v) is 15.6. The number of carboxylic acids is 1. The van der Waals surface area contributed by atoms with E-state index in [0.29, 0.717) is 30.4 Å². The van der Waals surface area contributed by atoms with E-state index in [2.05, 4.69) is 67.8 Å². The molecular weight excluding hydrogens is 1160 g/mol. The summed E-state index contributed by atoms with van der Waals surface area (Å²) < 4.78 is 0. The summed E-state index contributed by atoms with van der Waals surface area (Å²) in [5, 5.41) is 51.2. The Hall–Kier alpha value is -7.70. The molecule has 12 amide bonds. The number of β-amino-alcohol motifs (C(OH)–C–C–N with tert-alkyl or cyclic N) is 1. The van der Waals surface area contributed by atoms with Gasteiger partial charge in [0.25, 0.3) is 0 Å². The third kappa shape index (κ3) is 21.7. The predicted molar refractivity (Wildman–Crippen MR) is 319 cm³/mol. The van der Waals surface area contributed by atoms with E-state index in [0.717, 1.165) is 4.90 Å². The number of amides is 12. The minimum atomic E-state index is -1.58. The molecule has 474 valence electrons. The first-order valence-corrected chi connectivity index (χ1v) is 29.8. The van der Waals surface area contributed by atoms with Crippen molar-refractivity contribution in [2.75, 3.05) is 31.1 Å². The molecule has 30 heteroatoms. The number of hydrogen-bond donors (Lipinski definition) is 16. The van der Waals surface area contributed by atoms with Crippen LogP contribution >= 0.6 is 25.3 Å². The van der Waals surface area contributed by atoms with Gasteiger partial charge in [-0.2, -0.15) is 25.3 Å². The predicted octanol–water partition coefficient (Wildman–Crippen LogP) is -2.64. The number of rotatable bonds is 34. The number of benzene rings is 2. The zero-order chi connectivity index (χ0) is 63.8. The van der Waals surface area contributed by atoms with Crippen molar-refractivity contribution in [3.05, 3.63) is 65.7 Å². The molecule has 2 aliphatic rings. The number of likely N-dealkylation sites (tertiary alicyclic amines) is 2. The first-order chi connectivity index (χ1) is 40.8. The molecule has 0 bridgehead atoms. The summed E-state index contributed by atoms with van der Waals surface area (Å²) in [7, 11) is 0. The van der Waals surface area contributed by atoms with Gasteiger partial charge in [0.2, 0.25) is 59.1 Å². The summed E-state index contributed by atoms with van der Waals surface area (Å²) >= 11 is 8.04. The van der Waals surface area contributed by atoms with Crippen LogP contribution in [0.4, 0.5) is 4.79 Å². The standard InChI is InChI=1S/C56H83N13O15S2/c1-4-11-36(47(74)66-41(29-86)55(82)83)63-52(79)45(30(3)5-2)67-51(78)43-26-34(71)27-69(43)54(81)42-15-10-23-68(42)53(80)40(25-31-12-7-6-8-13-31)65-50(77)39(24-32-16-18-33(70)19-17-32)64-49(76)38(20-21-44(58)72)62-48(75)37(14-9-22-60-56(59)84)61-46(73)35(57)28-85/h6-8,12-13,16-19,30,34-43,45,70-71,85-86H,4-5,9-11,14-15,20-29,57H2,1-3H3,(H2,58,72)(H,61,73)(H,62,75)(H,63,79)(H,64,76)(H,65,77)(H,66,74)(H,67,78)(H,82,83)(H3,59,60,84)/t30-,34+,35-,36-,37-,38-,39-,40-,41-,42-,43-,45-/m0/s1. The molecule has 2 aromatic carbocycles. The topological polar surface area (TPSA) is 446 Å². The van der Waals surface area contributed by atoms with Gasteiger partial charge in [0, 0.05) is 56.8 Å². The zero-order valence-electron chi connectivity index (χ0n) is 48.4. The molecule has 0 radical (unpaired) electrons. The van der Waals surface area contributed by atoms with Crippen molar-refractivity contribution < 1.29 is 72.9 Å². The van der Waals surface area contributed by atoms with Gasteiger partial charge in [0.05, 0.1) is 12.1 Å². The first kappa shape index (κ1) is 70.8. The SMILES string of the molecule is CCC[C@H](NC(=O)[C@@H](NC(=O)[C@@H]1C[C@@H](O)CN1C(=O)[C@@H]1CCCN1C(=O)[C@H](Cc1ccccc1)NC(=O)[C@H](Cc1ccc(O)cc1)NC(=O)[C@H](CCC(N)=O)NC(=O)[C@H](CCCNC(N)=O)NC(=O)[C@@H](N)CS)[C@@H](C)CC)C(=O)N[C@@H](CS)C(=O)O. The van der Waals surface area contributed by atoms with Crippen LogP contribution < -0.4 is 59.7 Å². The fraction of sp³-hybridized carbons (Fsp3) is 0.571. The number of nitrogens with one attached hydrogen (secondary N) is 8. The number of aliphatic hydroxyl groups is 1. The van der Waals surface area contributed by atoms with Crippen LogP contribution in [0, 0.1) is 5.92 Å². The van der Waals surface area contributed by atoms with Crippen LogP contribution in [-0.2, 0) is 65.6 Å². The summed E-state index contributed by atoms with van der Waals surface area (Å²) in [5.74, 6) is -10.5. The van der Waals surface area contributed by atoms with Crippen molar-refractivity contribution in [1.82, 2.24) is 52.3 Å². The summed E-state index contributed by atoms with van der Waals surface area (Å²) in [6.07, 6.45) is -1.31. The third-order valence-electron chi connectivity index (χ3n) is 14.8. The Labute approximate surface area is 509 Å². The van der Waals surface area contributed by atoms with Gasteiger partial charge in [0.1, 0.15) is 60.1 Å². The Bertz CT molecular complexity index is 2700. The highest BCUT2D eigenvalue weighted by atomic mass is 32.1. The molecule has 2 fully saturated rings. The molecule has 28 nitrogen and oxygen atoms in total. The van der Waals surface area contributed by atoms with Crippen LogP contribution in [0.5, 0.6) is 5.75 Å². The molecule has 0 saturated carbocycles. The van der Waals surface area contributed by atoms with E-state index < -0.39 is 150 Å². The quantitative estimate of drug-likeness (QED) is 0.0252. The molecule has 2 aliphatic heterocycles. The van der Waals surface area contributed by atoms with Crippen LogP contribution in [0.25, 0.3) is 0 Å². The van der Waals surface area contributed by atoms with Crippen molar-refractivity contribution in [3.63, 3.8) is 0 Å². The molecule has 0 aromatic heterocycles. The van der Waals surface area contributed by atoms with E-state index in [9.17, 15) is 68.1 Å². The Balaban J connectivity index is 1.64. The maximum atomic E-state index is 15.1. The van der Waals surface area contributed by atoms with E-state index in [4.69, 9.17) is 17.2 Å². The summed E-state index contributed by atoms with van der Waals surface area (Å²) in [4.78, 5) is 165. The summed E-state index contributed by atoms with van der Waals surface area (Å²) in [6, 6.07) is 0.0153. The zero-order valence-corrected chi connectivity index (χ0v) is 50.2. The van der Waals surface area contributed by atoms with Crippen LogP contribution in [0.1, 0.15) is 96.1 Å². The van der Waals surface area contributed by atoms with E-state index in [1.807, 2.05) is 0 Å². The highest BCUT2D eigenvalue weighted by Crippen LogP contribution is 2.27. The molecule has 2 heterocycles. The number of nitrogens with zero attached hydrogens (tertiary/aromatic N) is 2. The number of aromatic hydroxyl groups is 1. The molecule has 0 unspecified atom stereocenters. The van der Waals surface area contributed by atoms with Gasteiger partial charge < -0.3 is 84.9 Å². The summed E-state index contributed by atoms with van der Waals surface area (Å²) in [6.45, 7) is 4.92. The van der Waals surface area contributed by atoms with Gasteiger partial charge in [-0.15, -0.1) is 0 Å². The monoisotopic (exact) mass is 1240 g/mol. The minimum absolute atomic E-state index is 0.00404. The lowest BCUT2D eigenvalue weighted by Crippen LogP contribution is -2.61. The van der Waals surface area contributed by atoms with Crippen LogP contribution in [0.2, 0.25) is 0 Å². The highest BCUT2D eigenvalue weighted by molar-refractivity contribution is 7.80. The number of aliphatic carboxylic acids is 1. The number of hydrogen-bond acceptors (Lipinski definition) is 17. The molecule has 2 aromatic rings. The summed E-state index contributed by atoms with van der Waals surface area (Å²) in [5.41, 5.74) is 17.5. The van der Waals surface area contributed by atoms with Crippen molar-refractivity contribution in [1.29, 1.82) is 0 Å². The second-order valence-electron chi connectivity index (χ2n) is 21.4. The smallest absolute Gasteiger partial charge is 0.327 e. The maximum absolute atomic E-state index is 15.1. The molecule has 4 rings (SSSR count). The lowest BCUT2D eigenvalue weighted by atomic mass is 9.97. The maximum Gasteiger partial charge on any atom is 0.327 e. The van der Waals surface area contributed by atoms with Gasteiger partial charge in [-0.25, -0.2) is 9.59 Å². The second-order valence-corrected chi connectivity index (χ2v) is 22.2. The molecule has 86 heavy (non-hydrogen) atoms. The lowest BCUT2D eigenvalue weighted by Gasteiger charge is -2.34. The highest BCUT2D eigenvalue weighted by Gasteiger charge is 2.47. The second kappa shape index (κ2) is 35.1. The molecule has 12 atom stereocenters. The lowest BCUT2D eigenvalue weighted by molar-refractivity contribution is -0.148. The Morgan fingerprint density at radius 1 is 0.651 bits per heavy atom. The number of carbonyl (C=O) groups is 12. The fourth-order valence-electron chi connectivity index (χ4n) is 9.86. The van der Waals surface area contributed by atoms with E-state index >= 15 is 4.79 Å². The minimum Gasteiger partial charge on any atom is -0.508 e. The fourth-order valence-corrected chi connectivity index (χ4v) is 10.3. The number of urea groups is 1. The van der Waals surface area contributed by atoms with Crippen LogP contribution in [0.3, 0.4) is 0 Å². The van der Waals surface area contributed by atoms with Gasteiger partial charge in [-0.3, -0.25) is 47.9 Å². The van der Waals surface area contributed by atoms with Crippen molar-refractivity contribution in [2.24, 2.45) is 23.1 Å². The first-order valence-electron chi connectivity index (χ1n) is 28.6. The number of carboxylic acid groups (broad SMARTS) is 1. The molecular formula is C56H83N13O15S2. The average Bonchev–Trinajstić information content (AvgIpc) is 3.52. The Morgan fingerprint density at radius 2 is 1.20 bits per heavy atom. The number of primary amides is 2. The number of aliphatic hydroxyl groups excluding tert-OH is 1. The number of carbonyl (C=O) groups excluding carboxylic acids is 11. The average molecular weight is 1240 g/mol. The van der Waals surface area contributed by atoms with Crippen LogP contribution in [-0.4, -0.2) is 194 Å². The number of thiol groups is 2. The molecule has 0 spiro atoms. The van der Waals surface area contributed by atoms with E-state index in [1.165, 1.54) is 29.2 Å². The number of phenolic OH excluding ortho intramolecular Hbond substituents is 1. The number of nitrogens with two attached hydrogens (primary N) is 3. The van der Waals surface area contributed by atoms with Gasteiger partial charge in [0.15, 0.2) is 0 Å². The van der Waals surface area contributed by atoms with Crippen LogP contribution in [0.15, 0.2) is 54.6 Å². The Morgan fingerprint density at radius 3 is 1.78 bits per heavy atom. The Kier molecular flexibility index (Phi) is 28.9. The van der Waals surface area contributed by atoms with Gasteiger partial charge in [-0.1, -0.05) is 76.1 Å². The van der Waals surface area contributed by atoms with Crippen molar-refractivity contribution in [2.45, 2.75) is 164 Å². The molecule has 17 N–H and O–H groups in total. The largest absolute Gasteiger partial charge is 0.508 e. The number of phenols is 1. The normalized spacial score (nSPS) is 18.7. The molecule has 0 aliphatic carbocycles. The van der Waals surface area contributed by atoms with E-state index in [1.54, 1.807) is 51.1 Å². The molecule has 2 saturated heterocycles. The van der Waals surface area contributed by atoms with Crippen molar-refractivity contribution in [3.8, 4) is 5.75 Å².